The molecule has 2 aliphatic carbocycles. The normalized spacial score (nSPS) is 20.6. The summed E-state index contributed by atoms with van der Waals surface area (Å²) in [5, 5.41) is 4.92. The number of pyridine rings is 2. The first-order valence-electron chi connectivity index (χ1n) is 26.5. The number of nitrogens with one attached hydrogen (secondary N) is 1. The molecule has 4 fully saturated rings. The van der Waals surface area contributed by atoms with E-state index in [1.165, 1.54) is 39.1 Å². The van der Waals surface area contributed by atoms with Crippen molar-refractivity contribution in [2.45, 2.75) is 143 Å². The van der Waals surface area contributed by atoms with E-state index in [1.54, 1.807) is 4.90 Å². The van der Waals surface area contributed by atoms with Crippen LogP contribution in [0.5, 0.6) is 0 Å². The van der Waals surface area contributed by atoms with Crippen molar-refractivity contribution >= 4 is 105 Å². The van der Waals surface area contributed by atoms with Crippen LogP contribution in [0.1, 0.15) is 156 Å². The number of hydrogen-bond donors (Lipinski definition) is 1. The largest absolute Gasteiger partial charge is 0.444 e. The van der Waals surface area contributed by atoms with Crippen molar-refractivity contribution in [1.29, 1.82) is 0 Å². The lowest BCUT2D eigenvalue weighted by molar-refractivity contribution is -0.134. The van der Waals surface area contributed by atoms with E-state index in [2.05, 4.69) is 103 Å². The third-order valence-corrected chi connectivity index (χ3v) is 18.8. The summed E-state index contributed by atoms with van der Waals surface area (Å²) in [6.07, 6.45) is 16.5. The number of nitrogens with zero attached hydrogens (tertiary/aromatic N) is 5. The number of carbonyl (C=O) groups is 3. The number of carbonyl (C=O) groups excluding carboxylic acids is 3. The van der Waals surface area contributed by atoms with Gasteiger partial charge in [0, 0.05) is 104 Å². The molecule has 0 saturated carbocycles. The standard InChI is InChI=1S/C31H38Br2ClN3O3.C26H30Br2ClN3O.2CH4/c1-31(2,3)40-30(39)37-10-6-19(7-11-37)14-26(38)36-12-8-20(9-13-36)28-27-21(16-24(34)17-25(27)33)4-5-22-15-23(32)18-35-29(22)28;27-20-12-19-2-1-18-13-21(29)14-22(28)24(18)25(26(19)31-15-20)17-5-9-32(10-6-17)23(33)11-16-3-7-30-8-4-16;;/h15-20,28H,4-14H2,1-3H3;12-17,25,30H,1-11H2;2*1H4/t28-;25-;;/m11../s1. The van der Waals surface area contributed by atoms with Gasteiger partial charge in [-0.25, -0.2) is 4.79 Å². The average molecular weight is 1320 g/mol. The number of fused-ring (bicyclic) bond motifs is 4. The van der Waals surface area contributed by atoms with Crippen molar-refractivity contribution in [1.82, 2.24) is 30.0 Å². The van der Waals surface area contributed by atoms with Gasteiger partial charge in [0.25, 0.3) is 0 Å². The molecular weight excluding hydrogens is 1250 g/mol. The third-order valence-electron chi connectivity index (χ3n) is 16.2. The van der Waals surface area contributed by atoms with E-state index in [9.17, 15) is 14.4 Å². The summed E-state index contributed by atoms with van der Waals surface area (Å²) < 4.78 is 9.68. The highest BCUT2D eigenvalue weighted by molar-refractivity contribution is 9.11. The van der Waals surface area contributed by atoms with Crippen LogP contribution in [0, 0.1) is 23.7 Å². The maximum atomic E-state index is 13.3. The van der Waals surface area contributed by atoms with Gasteiger partial charge in [0.05, 0.1) is 11.4 Å². The first-order chi connectivity index (χ1) is 35.0. The molecule has 2 aromatic carbocycles. The van der Waals surface area contributed by atoms with Crippen molar-refractivity contribution in [3.05, 3.63) is 121 Å². The topological polar surface area (TPSA) is 108 Å². The number of amides is 3. The number of piperidine rings is 4. The molecule has 16 heteroatoms. The lowest BCUT2D eigenvalue weighted by atomic mass is 9.76. The van der Waals surface area contributed by atoms with Crippen LogP contribution in [0.3, 0.4) is 0 Å². The number of aromatic nitrogens is 2. The minimum atomic E-state index is -0.493. The molecule has 2 atom stereocenters. The maximum Gasteiger partial charge on any atom is 0.410 e. The van der Waals surface area contributed by atoms with Crippen molar-refractivity contribution in [2.24, 2.45) is 23.7 Å². The molecule has 0 spiro atoms. The van der Waals surface area contributed by atoms with Crippen LogP contribution in [0.2, 0.25) is 10.0 Å². The van der Waals surface area contributed by atoms with Gasteiger partial charge in [0.2, 0.25) is 11.8 Å². The lowest BCUT2D eigenvalue weighted by Gasteiger charge is -2.38. The fourth-order valence-electron chi connectivity index (χ4n) is 12.5. The Morgan fingerprint density at radius 2 is 0.960 bits per heavy atom. The minimum Gasteiger partial charge on any atom is -0.444 e. The summed E-state index contributed by atoms with van der Waals surface area (Å²) in [4.78, 5) is 54.5. The molecule has 10 rings (SSSR count). The van der Waals surface area contributed by atoms with Gasteiger partial charge in [-0.05, 0) is 236 Å². The number of halogens is 6. The number of ether oxygens (including phenoxy) is 1. The van der Waals surface area contributed by atoms with Crippen molar-refractivity contribution < 1.29 is 19.1 Å². The van der Waals surface area contributed by atoms with E-state index in [1.807, 2.05) is 45.3 Å². The Hall–Kier alpha value is -2.59. The highest BCUT2D eigenvalue weighted by Gasteiger charge is 2.39. The fourth-order valence-corrected chi connectivity index (χ4v) is 15.5. The molecular formula is C59H76Br4Cl2N6O4. The highest BCUT2D eigenvalue weighted by atomic mass is 79.9. The number of hydrogen-bond acceptors (Lipinski definition) is 7. The van der Waals surface area contributed by atoms with Crippen LogP contribution < -0.4 is 5.32 Å². The molecule has 6 aliphatic rings. The molecule has 0 bridgehead atoms. The smallest absolute Gasteiger partial charge is 0.410 e. The summed E-state index contributed by atoms with van der Waals surface area (Å²) in [5.41, 5.74) is 9.71. The molecule has 1 N–H and O–H groups in total. The summed E-state index contributed by atoms with van der Waals surface area (Å²) in [6, 6.07) is 12.7. The molecule has 6 heterocycles. The summed E-state index contributed by atoms with van der Waals surface area (Å²) in [7, 11) is 0. The SMILES string of the molecule is C.C.CC(C)(C)OC(=O)N1CCC(CC(=O)N2CCC([C@H]3c4ncc(Br)cc4CCc4cc(Cl)cc(Br)c43)CC2)CC1.O=C(CC1CCNCC1)N1CCC([C@H]2c3ncc(Br)cc3CCc3cc(Cl)cc(Br)c32)CC1. The minimum absolute atomic E-state index is 0. The van der Waals surface area contributed by atoms with Gasteiger partial charge in [-0.15, -0.1) is 0 Å². The van der Waals surface area contributed by atoms with E-state index in [4.69, 9.17) is 37.9 Å². The Kier molecular flexibility index (Phi) is 21.3. The predicted octanol–water partition coefficient (Wildman–Crippen LogP) is 15.2. The summed E-state index contributed by atoms with van der Waals surface area (Å²) >= 11 is 27.8. The molecule has 2 aromatic heterocycles. The Morgan fingerprint density at radius 1 is 0.573 bits per heavy atom. The highest BCUT2D eigenvalue weighted by Crippen LogP contribution is 2.48. The second kappa shape index (κ2) is 26.6. The van der Waals surface area contributed by atoms with Gasteiger partial charge in [0.1, 0.15) is 5.60 Å². The van der Waals surface area contributed by atoms with Crippen LogP contribution in [-0.2, 0) is 40.0 Å². The van der Waals surface area contributed by atoms with Crippen molar-refractivity contribution in [3.63, 3.8) is 0 Å². The van der Waals surface area contributed by atoms with E-state index < -0.39 is 5.60 Å². The fraction of sp³-hybridized carbons (Fsp3) is 0.576. The number of benzene rings is 2. The average Bonchev–Trinajstić information content (AvgIpc) is 3.62. The van der Waals surface area contributed by atoms with Gasteiger partial charge in [-0.2, -0.15) is 0 Å². The molecule has 0 radical (unpaired) electrons. The molecule has 0 unspecified atom stereocenters. The Balaban J connectivity index is 0.000000216. The Bertz CT molecular complexity index is 2660. The van der Waals surface area contributed by atoms with Crippen molar-refractivity contribution in [2.75, 3.05) is 52.4 Å². The second-order valence-corrected chi connectivity index (χ2v) is 26.6. The van der Waals surface area contributed by atoms with E-state index >= 15 is 0 Å². The maximum absolute atomic E-state index is 13.3. The van der Waals surface area contributed by atoms with E-state index in [0.29, 0.717) is 55.5 Å². The van der Waals surface area contributed by atoms with Crippen LogP contribution in [-0.4, -0.2) is 101 Å². The van der Waals surface area contributed by atoms with E-state index in [0.717, 1.165) is 150 Å². The first-order valence-corrected chi connectivity index (χ1v) is 30.4. The molecule has 408 valence electrons. The lowest BCUT2D eigenvalue weighted by Crippen LogP contribution is -2.44. The van der Waals surface area contributed by atoms with Gasteiger partial charge in [0.15, 0.2) is 0 Å². The molecule has 4 aromatic rings. The third kappa shape index (κ3) is 14.8. The summed E-state index contributed by atoms with van der Waals surface area (Å²) in [6.45, 7) is 12.3. The zero-order valence-electron chi connectivity index (χ0n) is 42.3. The second-order valence-electron chi connectivity index (χ2n) is 22.2. The first kappa shape index (κ1) is 60.1. The van der Waals surface area contributed by atoms with E-state index in [-0.39, 0.29) is 38.7 Å². The molecule has 4 aliphatic heterocycles. The molecule has 3 amide bonds. The number of aryl methyl sites for hydroxylation is 4. The quantitative estimate of drug-likeness (QED) is 0.205. The zero-order valence-corrected chi connectivity index (χ0v) is 50.1. The summed E-state index contributed by atoms with van der Waals surface area (Å²) in [5.74, 6) is 2.68. The monoisotopic (exact) mass is 1320 g/mol. The van der Waals surface area contributed by atoms with Crippen LogP contribution >= 0.6 is 86.9 Å². The Labute approximate surface area is 490 Å². The van der Waals surface area contributed by atoms with Crippen LogP contribution in [0.25, 0.3) is 0 Å². The van der Waals surface area contributed by atoms with Gasteiger partial charge in [-0.3, -0.25) is 19.6 Å². The molecule has 4 saturated heterocycles. The van der Waals surface area contributed by atoms with Gasteiger partial charge in [-0.1, -0.05) is 69.9 Å². The van der Waals surface area contributed by atoms with Crippen LogP contribution in [0.15, 0.2) is 66.7 Å². The number of rotatable bonds is 6. The Morgan fingerprint density at radius 3 is 1.37 bits per heavy atom. The van der Waals surface area contributed by atoms with Crippen LogP contribution in [0.4, 0.5) is 4.79 Å². The number of likely N-dealkylation sites (tertiary alicyclic amines) is 3. The molecule has 10 nitrogen and oxygen atoms in total. The predicted molar refractivity (Wildman–Crippen MR) is 318 cm³/mol. The molecule has 75 heavy (non-hydrogen) atoms. The van der Waals surface area contributed by atoms with Crippen molar-refractivity contribution in [3.8, 4) is 0 Å². The van der Waals surface area contributed by atoms with Gasteiger partial charge >= 0.3 is 6.09 Å². The van der Waals surface area contributed by atoms with Gasteiger partial charge < -0.3 is 24.8 Å². The zero-order chi connectivity index (χ0) is 51.6.